The van der Waals surface area contributed by atoms with Crippen LogP contribution in [0.15, 0.2) is 36.8 Å². The maximum absolute atomic E-state index is 14.8. The summed E-state index contributed by atoms with van der Waals surface area (Å²) in [6.07, 6.45) is 6.05. The van der Waals surface area contributed by atoms with Crippen molar-refractivity contribution < 1.29 is 17.2 Å². The molecule has 2 bridgehead atoms. The van der Waals surface area contributed by atoms with Crippen LogP contribution in [0.4, 0.5) is 8.78 Å². The van der Waals surface area contributed by atoms with Gasteiger partial charge in [-0.15, -0.1) is 10.2 Å². The van der Waals surface area contributed by atoms with Gasteiger partial charge in [0.1, 0.15) is 22.0 Å². The van der Waals surface area contributed by atoms with Gasteiger partial charge in [-0.3, -0.25) is 0 Å². The number of sulfone groups is 1. The van der Waals surface area contributed by atoms with E-state index in [-0.39, 0.29) is 39.8 Å². The molecule has 2 aliphatic carbocycles. The van der Waals surface area contributed by atoms with E-state index in [9.17, 15) is 17.2 Å². The normalized spacial score (nSPS) is 21.3. The number of aromatic nitrogens is 7. The van der Waals surface area contributed by atoms with E-state index in [0.717, 1.165) is 35.9 Å². The molecule has 3 heterocycles. The standard InChI is InChI=1S/C26H24ClF2N7O2S/c1-25(2)15-6-9-26(25,23-14(15)12-18(33-34-23)21-17(28)5-4-16(27)22(21)29)19-7-10-30-24(32-19)36-13-31-20(35-36)8-11-39(3,37)38/h4-5,7,10,12-13,15H,6,8-9,11H2,1-3H3/t15-,26-/m0/s1. The van der Waals surface area contributed by atoms with Crippen LogP contribution in [0.3, 0.4) is 0 Å². The number of aryl methyl sites for hydroxylation is 1. The Balaban J connectivity index is 1.42. The topological polar surface area (TPSA) is 116 Å². The highest BCUT2D eigenvalue weighted by molar-refractivity contribution is 7.90. The molecular formula is C26H24ClF2N7O2S. The minimum Gasteiger partial charge on any atom is -0.229 e. The first-order chi connectivity index (χ1) is 18.4. The fourth-order valence-electron chi connectivity index (χ4n) is 6.26. The van der Waals surface area contributed by atoms with Gasteiger partial charge in [0.15, 0.2) is 11.6 Å². The Hall–Kier alpha value is -3.38. The summed E-state index contributed by atoms with van der Waals surface area (Å²) < 4.78 is 53.9. The third-order valence-corrected chi connectivity index (χ3v) is 9.44. The van der Waals surface area contributed by atoms with E-state index in [0.29, 0.717) is 11.8 Å². The molecule has 0 saturated heterocycles. The van der Waals surface area contributed by atoms with Crippen LogP contribution in [0.5, 0.6) is 0 Å². The number of fused-ring (bicyclic) bond motifs is 5. The summed E-state index contributed by atoms with van der Waals surface area (Å²) in [6.45, 7) is 4.29. The van der Waals surface area contributed by atoms with Crippen LogP contribution in [0.2, 0.25) is 5.02 Å². The minimum absolute atomic E-state index is 0.0585. The SMILES string of the molecule is CC1(C)[C@H]2CC[C@]1(c1ccnc(-n3cnc(CCS(C)(=O)=O)n3)n1)c1nnc(-c3c(F)ccc(Cl)c3F)cc12. The Morgan fingerprint density at radius 1 is 1.15 bits per heavy atom. The van der Waals surface area contributed by atoms with E-state index in [2.05, 4.69) is 39.1 Å². The van der Waals surface area contributed by atoms with Crippen molar-refractivity contribution in [3.8, 4) is 17.2 Å². The van der Waals surface area contributed by atoms with Gasteiger partial charge in [-0.25, -0.2) is 32.2 Å². The van der Waals surface area contributed by atoms with Crippen LogP contribution in [0, 0.1) is 17.0 Å². The second-order valence-electron chi connectivity index (χ2n) is 10.7. The van der Waals surface area contributed by atoms with E-state index in [1.54, 1.807) is 12.3 Å². The third-order valence-electron chi connectivity index (χ3n) is 8.20. The highest BCUT2D eigenvalue weighted by Crippen LogP contribution is 2.69. The van der Waals surface area contributed by atoms with Gasteiger partial charge in [-0.1, -0.05) is 25.4 Å². The average molecular weight is 572 g/mol. The lowest BCUT2D eigenvalue weighted by atomic mass is 9.66. The maximum atomic E-state index is 14.8. The number of hydrogen-bond donors (Lipinski definition) is 0. The van der Waals surface area contributed by atoms with Gasteiger partial charge in [0.05, 0.1) is 38.8 Å². The molecule has 0 spiro atoms. The fourth-order valence-corrected chi connectivity index (χ4v) is 6.97. The molecule has 2 aliphatic rings. The van der Waals surface area contributed by atoms with Crippen molar-refractivity contribution >= 4 is 21.4 Å². The molecule has 13 heteroatoms. The van der Waals surface area contributed by atoms with Gasteiger partial charge in [0, 0.05) is 18.9 Å². The molecule has 0 aliphatic heterocycles. The maximum Gasteiger partial charge on any atom is 0.252 e. The summed E-state index contributed by atoms with van der Waals surface area (Å²) in [5.74, 6) is -0.949. The van der Waals surface area contributed by atoms with Crippen molar-refractivity contribution in [2.24, 2.45) is 5.41 Å². The lowest BCUT2D eigenvalue weighted by Gasteiger charge is -2.37. The fraction of sp³-hybridized carbons (Fsp3) is 0.385. The van der Waals surface area contributed by atoms with Crippen LogP contribution in [-0.4, -0.2) is 55.4 Å². The lowest BCUT2D eigenvalue weighted by molar-refractivity contribution is 0.242. The van der Waals surface area contributed by atoms with Gasteiger partial charge < -0.3 is 0 Å². The van der Waals surface area contributed by atoms with Crippen LogP contribution in [0.1, 0.15) is 55.4 Å². The molecule has 0 N–H and O–H groups in total. The zero-order valence-corrected chi connectivity index (χ0v) is 22.9. The number of benzene rings is 1. The van der Waals surface area contributed by atoms with Crippen molar-refractivity contribution in [3.05, 3.63) is 76.2 Å². The Kier molecular flexibility index (Phi) is 5.85. The number of hydrogen-bond acceptors (Lipinski definition) is 8. The minimum atomic E-state index is -3.15. The predicted octanol–water partition coefficient (Wildman–Crippen LogP) is 4.24. The summed E-state index contributed by atoms with van der Waals surface area (Å²) in [4.78, 5) is 13.4. The second-order valence-corrected chi connectivity index (χ2v) is 13.4. The monoisotopic (exact) mass is 571 g/mol. The molecule has 0 unspecified atom stereocenters. The zero-order valence-electron chi connectivity index (χ0n) is 21.4. The van der Waals surface area contributed by atoms with Crippen LogP contribution < -0.4 is 0 Å². The van der Waals surface area contributed by atoms with E-state index in [4.69, 9.17) is 16.6 Å². The van der Waals surface area contributed by atoms with Crippen LogP contribution in [0.25, 0.3) is 17.2 Å². The van der Waals surface area contributed by atoms with E-state index in [1.807, 2.05) is 6.07 Å². The molecule has 39 heavy (non-hydrogen) atoms. The number of rotatable bonds is 6. The summed E-state index contributed by atoms with van der Waals surface area (Å²) in [5.41, 5.74) is 1.21. The van der Waals surface area contributed by atoms with Crippen LogP contribution >= 0.6 is 11.6 Å². The Morgan fingerprint density at radius 2 is 1.95 bits per heavy atom. The average Bonchev–Trinajstić information content (AvgIpc) is 3.53. The van der Waals surface area contributed by atoms with Crippen molar-refractivity contribution in [3.63, 3.8) is 0 Å². The van der Waals surface area contributed by atoms with Crippen molar-refractivity contribution in [2.45, 2.75) is 44.4 Å². The molecule has 202 valence electrons. The van der Waals surface area contributed by atoms with Crippen molar-refractivity contribution in [1.29, 1.82) is 0 Å². The Bertz CT molecular complexity index is 1740. The van der Waals surface area contributed by atoms with Gasteiger partial charge >= 0.3 is 0 Å². The number of halogens is 3. The molecule has 6 rings (SSSR count). The molecule has 4 aromatic rings. The third kappa shape index (κ3) is 3.95. The molecule has 0 amide bonds. The molecule has 1 saturated carbocycles. The number of nitrogens with zero attached hydrogens (tertiary/aromatic N) is 7. The highest BCUT2D eigenvalue weighted by Gasteiger charge is 2.65. The van der Waals surface area contributed by atoms with Crippen LogP contribution in [-0.2, 0) is 21.7 Å². The first kappa shape index (κ1) is 25.9. The summed E-state index contributed by atoms with van der Waals surface area (Å²) >= 11 is 5.93. The highest BCUT2D eigenvalue weighted by atomic mass is 35.5. The molecule has 1 fully saturated rings. The largest absolute Gasteiger partial charge is 0.252 e. The Labute approximate surface area is 228 Å². The zero-order chi connectivity index (χ0) is 27.7. The van der Waals surface area contributed by atoms with E-state index in [1.165, 1.54) is 23.3 Å². The molecule has 2 atom stereocenters. The van der Waals surface area contributed by atoms with Gasteiger partial charge in [0.25, 0.3) is 5.95 Å². The summed E-state index contributed by atoms with van der Waals surface area (Å²) in [7, 11) is -3.15. The molecule has 9 nitrogen and oxygen atoms in total. The quantitative estimate of drug-likeness (QED) is 0.316. The Morgan fingerprint density at radius 3 is 2.72 bits per heavy atom. The second kappa shape index (κ2) is 8.82. The first-order valence-corrected chi connectivity index (χ1v) is 14.8. The molecule has 0 radical (unpaired) electrons. The molecular weight excluding hydrogens is 548 g/mol. The first-order valence-electron chi connectivity index (χ1n) is 12.4. The van der Waals surface area contributed by atoms with E-state index >= 15 is 0 Å². The van der Waals surface area contributed by atoms with Gasteiger partial charge in [-0.2, -0.15) is 9.78 Å². The predicted molar refractivity (Wildman–Crippen MR) is 139 cm³/mol. The molecule has 1 aromatic carbocycles. The molecule has 3 aromatic heterocycles. The summed E-state index contributed by atoms with van der Waals surface area (Å²) in [5, 5.41) is 13.0. The lowest BCUT2D eigenvalue weighted by Crippen LogP contribution is -2.38. The van der Waals surface area contributed by atoms with Gasteiger partial charge in [0.2, 0.25) is 0 Å². The van der Waals surface area contributed by atoms with Gasteiger partial charge in [-0.05, 0) is 54.0 Å². The van der Waals surface area contributed by atoms with E-state index < -0.39 is 26.9 Å². The summed E-state index contributed by atoms with van der Waals surface area (Å²) in [6, 6.07) is 5.86. The van der Waals surface area contributed by atoms with Crippen molar-refractivity contribution in [1.82, 2.24) is 34.9 Å². The smallest absolute Gasteiger partial charge is 0.229 e. The van der Waals surface area contributed by atoms with Crippen molar-refractivity contribution in [2.75, 3.05) is 12.0 Å².